The van der Waals surface area contributed by atoms with Crippen LogP contribution in [0.2, 0.25) is 0 Å². The van der Waals surface area contributed by atoms with Gasteiger partial charge in [0.2, 0.25) is 17.7 Å². The molecule has 3 aliphatic rings. The zero-order chi connectivity index (χ0) is 36.0. The SMILES string of the molecule is C#CCC(NC(=O)[C@@H](CC(=O)N(C)CCN1CC2CCCCC2C1)Cc1ccccc1)C(=O)N[C@@H](CC1CCCCC1)[C@@H](O)[C@@H](O)CC(C)C. The summed E-state index contributed by atoms with van der Waals surface area (Å²) < 4.78 is 0. The predicted molar refractivity (Wildman–Crippen MR) is 198 cm³/mol. The van der Waals surface area contributed by atoms with Gasteiger partial charge in [-0.25, -0.2) is 0 Å². The molecule has 1 aromatic carbocycles. The predicted octanol–water partition coefficient (Wildman–Crippen LogP) is 4.55. The van der Waals surface area contributed by atoms with Crippen LogP contribution in [0.25, 0.3) is 0 Å². The lowest BCUT2D eigenvalue weighted by Crippen LogP contribution is -2.56. The molecule has 3 amide bonds. The zero-order valence-electron chi connectivity index (χ0n) is 30.9. The van der Waals surface area contributed by atoms with Crippen molar-refractivity contribution in [2.45, 2.75) is 128 Å². The number of aliphatic hydroxyl groups is 2. The first kappa shape index (κ1) is 39.8. The van der Waals surface area contributed by atoms with Gasteiger partial charge in [-0.2, -0.15) is 0 Å². The molecule has 2 saturated carbocycles. The number of nitrogens with zero attached hydrogens (tertiary/aromatic N) is 2. The number of hydrogen-bond acceptors (Lipinski definition) is 6. The number of aliphatic hydroxyl groups excluding tert-OH is 2. The van der Waals surface area contributed by atoms with Crippen molar-refractivity contribution < 1.29 is 24.6 Å². The van der Waals surface area contributed by atoms with Crippen molar-refractivity contribution >= 4 is 17.7 Å². The molecule has 1 aliphatic heterocycles. The van der Waals surface area contributed by atoms with E-state index in [-0.39, 0.29) is 24.7 Å². The number of amides is 3. The Morgan fingerprint density at radius 1 is 0.940 bits per heavy atom. The van der Waals surface area contributed by atoms with Crippen molar-refractivity contribution in [1.29, 1.82) is 0 Å². The average Bonchev–Trinajstić information content (AvgIpc) is 3.53. The maximum Gasteiger partial charge on any atom is 0.243 e. The van der Waals surface area contributed by atoms with Crippen molar-refractivity contribution in [2.24, 2.45) is 29.6 Å². The maximum absolute atomic E-state index is 13.9. The van der Waals surface area contributed by atoms with Crippen molar-refractivity contribution in [3.05, 3.63) is 35.9 Å². The van der Waals surface area contributed by atoms with E-state index in [1.807, 2.05) is 51.2 Å². The molecule has 0 aromatic heterocycles. The van der Waals surface area contributed by atoms with E-state index in [1.165, 1.54) is 32.1 Å². The van der Waals surface area contributed by atoms with Crippen LogP contribution in [0.3, 0.4) is 0 Å². The summed E-state index contributed by atoms with van der Waals surface area (Å²) in [6.07, 6.45) is 15.6. The van der Waals surface area contributed by atoms with Crippen LogP contribution in [-0.2, 0) is 20.8 Å². The summed E-state index contributed by atoms with van der Waals surface area (Å²) in [4.78, 5) is 45.5. The number of likely N-dealkylation sites (N-methyl/N-ethyl adjacent to an activating group) is 1. The minimum Gasteiger partial charge on any atom is -0.390 e. The van der Waals surface area contributed by atoms with Crippen LogP contribution in [-0.4, -0.2) is 95.3 Å². The molecule has 0 bridgehead atoms. The number of hydrogen-bond donors (Lipinski definition) is 4. The van der Waals surface area contributed by atoms with Gasteiger partial charge in [-0.15, -0.1) is 12.3 Å². The first-order valence-corrected chi connectivity index (χ1v) is 19.4. The van der Waals surface area contributed by atoms with Gasteiger partial charge in [0.05, 0.1) is 18.1 Å². The fraction of sp³-hybridized carbons (Fsp3) is 0.732. The Morgan fingerprint density at radius 2 is 1.58 bits per heavy atom. The van der Waals surface area contributed by atoms with Crippen LogP contribution < -0.4 is 10.6 Å². The molecule has 7 atom stereocenters. The summed E-state index contributed by atoms with van der Waals surface area (Å²) in [5.74, 6) is 2.91. The lowest BCUT2D eigenvalue weighted by atomic mass is 9.82. The van der Waals surface area contributed by atoms with Crippen LogP contribution >= 0.6 is 0 Å². The molecular weight excluding hydrogens is 628 g/mol. The Kier molecular flexibility index (Phi) is 16.1. The monoisotopic (exact) mass is 692 g/mol. The third-order valence-corrected chi connectivity index (χ3v) is 11.5. The van der Waals surface area contributed by atoms with Crippen molar-refractivity contribution in [3.63, 3.8) is 0 Å². The Morgan fingerprint density at radius 3 is 2.20 bits per heavy atom. The fourth-order valence-electron chi connectivity index (χ4n) is 8.48. The van der Waals surface area contributed by atoms with E-state index in [0.29, 0.717) is 31.7 Å². The molecule has 4 rings (SSSR count). The largest absolute Gasteiger partial charge is 0.390 e. The van der Waals surface area contributed by atoms with Gasteiger partial charge in [0.25, 0.3) is 0 Å². The third kappa shape index (κ3) is 12.4. The lowest BCUT2D eigenvalue weighted by Gasteiger charge is -2.33. The van der Waals surface area contributed by atoms with Gasteiger partial charge in [-0.3, -0.25) is 14.4 Å². The van der Waals surface area contributed by atoms with Crippen LogP contribution in [0.5, 0.6) is 0 Å². The average molecular weight is 693 g/mol. The van der Waals surface area contributed by atoms with Crippen molar-refractivity contribution in [1.82, 2.24) is 20.4 Å². The molecule has 278 valence electrons. The second-order valence-electron chi connectivity index (χ2n) is 16.0. The maximum atomic E-state index is 13.9. The van der Waals surface area contributed by atoms with Gasteiger partial charge in [0.15, 0.2) is 0 Å². The van der Waals surface area contributed by atoms with Gasteiger partial charge in [0, 0.05) is 46.1 Å². The molecule has 0 radical (unpaired) electrons. The van der Waals surface area contributed by atoms with Crippen LogP contribution in [0.1, 0.15) is 103 Å². The molecule has 3 fully saturated rings. The number of carbonyl (C=O) groups excluding carboxylic acids is 3. The molecule has 4 N–H and O–H groups in total. The number of rotatable bonds is 18. The molecule has 1 heterocycles. The number of nitrogens with one attached hydrogen (secondary N) is 2. The minimum atomic E-state index is -1.14. The number of benzene rings is 1. The molecule has 1 aromatic rings. The highest BCUT2D eigenvalue weighted by atomic mass is 16.3. The van der Waals surface area contributed by atoms with E-state index in [2.05, 4.69) is 21.5 Å². The third-order valence-electron chi connectivity index (χ3n) is 11.5. The van der Waals surface area contributed by atoms with E-state index in [1.54, 1.807) is 4.90 Å². The van der Waals surface area contributed by atoms with Gasteiger partial charge >= 0.3 is 0 Å². The van der Waals surface area contributed by atoms with E-state index >= 15 is 0 Å². The summed E-state index contributed by atoms with van der Waals surface area (Å²) in [6.45, 7) is 7.62. The van der Waals surface area contributed by atoms with Gasteiger partial charge in [-0.1, -0.05) is 89.1 Å². The number of carbonyl (C=O) groups is 3. The highest BCUT2D eigenvalue weighted by Gasteiger charge is 2.36. The minimum absolute atomic E-state index is 0.0112. The highest BCUT2D eigenvalue weighted by molar-refractivity contribution is 5.91. The van der Waals surface area contributed by atoms with E-state index in [9.17, 15) is 24.6 Å². The molecule has 50 heavy (non-hydrogen) atoms. The number of fused-ring (bicyclic) bond motifs is 1. The first-order chi connectivity index (χ1) is 24.0. The Labute approximate surface area is 301 Å². The van der Waals surface area contributed by atoms with Crippen LogP contribution in [0.4, 0.5) is 0 Å². The molecule has 9 nitrogen and oxygen atoms in total. The van der Waals surface area contributed by atoms with Gasteiger partial charge < -0.3 is 30.6 Å². The smallest absolute Gasteiger partial charge is 0.243 e. The first-order valence-electron chi connectivity index (χ1n) is 19.4. The van der Waals surface area contributed by atoms with Crippen molar-refractivity contribution in [2.75, 3.05) is 33.2 Å². The Hall–Kier alpha value is -2.93. The molecule has 2 aliphatic carbocycles. The van der Waals surface area contributed by atoms with Gasteiger partial charge in [-0.05, 0) is 61.3 Å². The molecule has 9 heteroatoms. The van der Waals surface area contributed by atoms with Crippen LogP contribution in [0, 0.1) is 41.9 Å². The molecule has 0 spiro atoms. The lowest BCUT2D eigenvalue weighted by molar-refractivity contribution is -0.137. The quantitative estimate of drug-likeness (QED) is 0.168. The Bertz CT molecular complexity index is 1230. The summed E-state index contributed by atoms with van der Waals surface area (Å²) in [7, 11) is 1.81. The standard InChI is InChI=1S/C41H64N4O5/c1-5-14-35(41(50)43-36(25-31-17-10-7-11-18-31)39(48)37(46)23-29(2)3)42-40(49)34(24-30-15-8-6-9-16-30)26-38(47)44(4)21-22-45-27-32-19-12-13-20-33(32)28-45/h1,6,8-9,15-16,29,31-37,39,46,48H,7,10-14,17-28H2,2-4H3,(H,42,49)(H,43,50)/t32?,33?,34-,35?,36+,37+,39-/m1/s1. The van der Waals surface area contributed by atoms with E-state index in [4.69, 9.17) is 6.42 Å². The second-order valence-corrected chi connectivity index (χ2v) is 16.0. The zero-order valence-corrected chi connectivity index (χ0v) is 30.9. The van der Waals surface area contributed by atoms with E-state index < -0.39 is 42.0 Å². The number of likely N-dealkylation sites (tertiary alicyclic amines) is 1. The normalized spacial score (nSPS) is 22.8. The summed E-state index contributed by atoms with van der Waals surface area (Å²) in [5.41, 5.74) is 0.926. The van der Waals surface area contributed by atoms with E-state index in [0.717, 1.165) is 62.7 Å². The fourth-order valence-corrected chi connectivity index (χ4v) is 8.48. The molecular formula is C41H64N4O5. The topological polar surface area (TPSA) is 122 Å². The van der Waals surface area contributed by atoms with Gasteiger partial charge in [0.1, 0.15) is 12.1 Å². The van der Waals surface area contributed by atoms with Crippen molar-refractivity contribution in [3.8, 4) is 12.3 Å². The Balaban J connectivity index is 1.41. The summed E-state index contributed by atoms with van der Waals surface area (Å²) in [6, 6.07) is 7.89. The molecule has 3 unspecified atom stereocenters. The highest BCUT2D eigenvalue weighted by Crippen LogP contribution is 2.36. The van der Waals surface area contributed by atoms with Crippen LogP contribution in [0.15, 0.2) is 30.3 Å². The number of terminal acetylenes is 1. The summed E-state index contributed by atoms with van der Waals surface area (Å²) >= 11 is 0. The second kappa shape index (κ2) is 20.2. The molecule has 1 saturated heterocycles. The summed E-state index contributed by atoms with van der Waals surface area (Å²) in [5, 5.41) is 27.9.